The highest BCUT2D eigenvalue weighted by Crippen LogP contribution is 2.28. The first-order valence-corrected chi connectivity index (χ1v) is 8.50. The number of benzene rings is 1. The molecule has 2 rings (SSSR count). The van der Waals surface area contributed by atoms with Crippen molar-refractivity contribution in [3.8, 4) is 6.07 Å². The largest absolute Gasteiger partial charge is 0.390 e. The first kappa shape index (κ1) is 16.2. The Morgan fingerprint density at radius 3 is 2.76 bits per heavy atom. The highest BCUT2D eigenvalue weighted by Gasteiger charge is 2.32. The Balaban J connectivity index is 2.39. The summed E-state index contributed by atoms with van der Waals surface area (Å²) in [5, 5.41) is 19.4. The predicted octanol–water partition coefficient (Wildman–Crippen LogP) is 2.14. The van der Waals surface area contributed by atoms with Gasteiger partial charge < -0.3 is 5.11 Å². The molecule has 1 atom stereocenters. The van der Waals surface area contributed by atoms with Crippen molar-refractivity contribution in [2.75, 3.05) is 13.1 Å². The molecule has 1 aliphatic rings. The van der Waals surface area contributed by atoms with Gasteiger partial charge in [-0.15, -0.1) is 0 Å². The zero-order valence-electron chi connectivity index (χ0n) is 11.7. The summed E-state index contributed by atoms with van der Waals surface area (Å²) in [5.74, 6) is 0. The summed E-state index contributed by atoms with van der Waals surface area (Å²) in [5.41, 5.74) is -0.771. The van der Waals surface area contributed by atoms with Gasteiger partial charge in [-0.2, -0.15) is 9.57 Å². The maximum atomic E-state index is 12.7. The number of nitrogens with zero attached hydrogens (tertiary/aromatic N) is 2. The van der Waals surface area contributed by atoms with E-state index in [1.165, 1.54) is 22.5 Å². The lowest BCUT2D eigenvalue weighted by Crippen LogP contribution is -2.34. The second-order valence-electron chi connectivity index (χ2n) is 5.51. The molecule has 0 radical (unpaired) electrons. The van der Waals surface area contributed by atoms with Crippen LogP contribution in [-0.2, 0) is 10.0 Å². The van der Waals surface area contributed by atoms with Crippen LogP contribution in [0.4, 0.5) is 0 Å². The van der Waals surface area contributed by atoms with Crippen LogP contribution in [0.1, 0.15) is 31.7 Å². The number of hydrogen-bond donors (Lipinski definition) is 1. The topological polar surface area (TPSA) is 81.4 Å². The molecule has 1 heterocycles. The van der Waals surface area contributed by atoms with Gasteiger partial charge in [0.2, 0.25) is 10.0 Å². The van der Waals surface area contributed by atoms with Crippen LogP contribution in [0.25, 0.3) is 0 Å². The van der Waals surface area contributed by atoms with Crippen LogP contribution in [0.5, 0.6) is 0 Å². The van der Waals surface area contributed by atoms with Gasteiger partial charge in [-0.3, -0.25) is 0 Å². The zero-order valence-corrected chi connectivity index (χ0v) is 13.3. The second-order valence-corrected chi connectivity index (χ2v) is 7.85. The molecule has 5 nitrogen and oxygen atoms in total. The molecule has 0 amide bonds. The van der Waals surface area contributed by atoms with E-state index in [1.807, 2.05) is 6.07 Å². The van der Waals surface area contributed by atoms with Crippen molar-refractivity contribution < 1.29 is 13.5 Å². The normalized spacial score (nSPS) is 24.3. The molecule has 0 aromatic heterocycles. The third kappa shape index (κ3) is 3.55. The maximum absolute atomic E-state index is 12.7. The molecule has 0 aliphatic carbocycles. The van der Waals surface area contributed by atoms with Crippen LogP contribution in [0.3, 0.4) is 0 Å². The Kier molecular flexibility index (Phi) is 4.59. The lowest BCUT2D eigenvalue weighted by molar-refractivity contribution is 0.0465. The molecule has 0 bridgehead atoms. The fourth-order valence-electron chi connectivity index (χ4n) is 2.42. The van der Waals surface area contributed by atoms with E-state index < -0.39 is 15.6 Å². The Labute approximate surface area is 129 Å². The molecule has 1 aromatic rings. The molecular weight excluding hydrogens is 312 g/mol. The third-order valence-electron chi connectivity index (χ3n) is 3.70. The summed E-state index contributed by atoms with van der Waals surface area (Å²) in [4.78, 5) is -0.0703. The number of sulfonamides is 1. The van der Waals surface area contributed by atoms with Gasteiger partial charge in [-0.05, 0) is 44.4 Å². The number of nitriles is 1. The highest BCUT2D eigenvalue weighted by molar-refractivity contribution is 7.89. The highest BCUT2D eigenvalue weighted by atomic mass is 35.5. The van der Waals surface area contributed by atoms with Crippen molar-refractivity contribution in [1.29, 1.82) is 5.26 Å². The van der Waals surface area contributed by atoms with E-state index in [0.717, 1.165) is 0 Å². The average molecular weight is 329 g/mol. The summed E-state index contributed by atoms with van der Waals surface area (Å²) in [6, 6.07) is 6.09. The summed E-state index contributed by atoms with van der Waals surface area (Å²) < 4.78 is 26.8. The van der Waals surface area contributed by atoms with Gasteiger partial charge >= 0.3 is 0 Å². The minimum Gasteiger partial charge on any atom is -0.390 e. The molecule has 21 heavy (non-hydrogen) atoms. The minimum absolute atomic E-state index is 0.0703. The van der Waals surface area contributed by atoms with E-state index in [9.17, 15) is 13.5 Å². The fraction of sp³-hybridized carbons (Fsp3) is 0.500. The number of halogens is 1. The van der Waals surface area contributed by atoms with Crippen LogP contribution >= 0.6 is 11.6 Å². The van der Waals surface area contributed by atoms with Gasteiger partial charge in [0.25, 0.3) is 0 Å². The van der Waals surface area contributed by atoms with Crippen molar-refractivity contribution in [3.05, 3.63) is 28.8 Å². The standard InChI is InChI=1S/C14H17ClN2O3S/c1-14(18)5-2-7-17(8-6-14)21(19,20)13-9-12(15)4-3-11(13)10-16/h3-4,9,18H,2,5-8H2,1H3. The number of rotatable bonds is 2. The van der Waals surface area contributed by atoms with Crippen LogP contribution in [0.15, 0.2) is 23.1 Å². The van der Waals surface area contributed by atoms with Crippen molar-refractivity contribution >= 4 is 21.6 Å². The summed E-state index contributed by atoms with van der Waals surface area (Å²) in [7, 11) is -3.79. The molecule has 1 aliphatic heterocycles. The van der Waals surface area contributed by atoms with E-state index in [2.05, 4.69) is 0 Å². The van der Waals surface area contributed by atoms with Gasteiger partial charge in [0.1, 0.15) is 11.0 Å². The zero-order chi connectivity index (χ0) is 15.7. The second kappa shape index (κ2) is 5.93. The van der Waals surface area contributed by atoms with E-state index in [-0.39, 0.29) is 22.0 Å². The van der Waals surface area contributed by atoms with Gasteiger partial charge in [0.15, 0.2) is 0 Å². The van der Waals surface area contributed by atoms with Crippen LogP contribution in [0.2, 0.25) is 5.02 Å². The molecule has 1 N–H and O–H groups in total. The fourth-order valence-corrected chi connectivity index (χ4v) is 4.30. The first-order valence-electron chi connectivity index (χ1n) is 6.68. The van der Waals surface area contributed by atoms with E-state index in [1.54, 1.807) is 6.92 Å². The summed E-state index contributed by atoms with van der Waals surface area (Å²) in [6.45, 7) is 2.27. The lowest BCUT2D eigenvalue weighted by atomic mass is 9.98. The van der Waals surface area contributed by atoms with Crippen molar-refractivity contribution in [1.82, 2.24) is 4.31 Å². The molecule has 114 valence electrons. The SMILES string of the molecule is CC1(O)CCCN(S(=O)(=O)c2cc(Cl)ccc2C#N)CC1. The van der Waals surface area contributed by atoms with Gasteiger partial charge in [-0.25, -0.2) is 8.42 Å². The molecule has 1 unspecified atom stereocenters. The Bertz CT molecular complexity index is 680. The van der Waals surface area contributed by atoms with Crippen molar-refractivity contribution in [2.24, 2.45) is 0 Å². The van der Waals surface area contributed by atoms with E-state index in [0.29, 0.717) is 25.8 Å². The Hall–Kier alpha value is -1.13. The van der Waals surface area contributed by atoms with Crippen molar-refractivity contribution in [3.63, 3.8) is 0 Å². The molecule has 7 heteroatoms. The van der Waals surface area contributed by atoms with E-state index in [4.69, 9.17) is 16.9 Å². The quantitative estimate of drug-likeness (QED) is 0.901. The van der Waals surface area contributed by atoms with Crippen molar-refractivity contribution in [2.45, 2.75) is 36.7 Å². The third-order valence-corrected chi connectivity index (χ3v) is 5.88. The summed E-state index contributed by atoms with van der Waals surface area (Å²) >= 11 is 5.86. The molecular formula is C14H17ClN2O3S. The van der Waals surface area contributed by atoms with Gasteiger partial charge in [0.05, 0.1) is 11.2 Å². The number of hydrogen-bond acceptors (Lipinski definition) is 4. The van der Waals surface area contributed by atoms with Crippen LogP contribution < -0.4 is 0 Å². The Morgan fingerprint density at radius 2 is 2.10 bits per heavy atom. The van der Waals surface area contributed by atoms with E-state index >= 15 is 0 Å². The molecule has 1 saturated heterocycles. The van der Waals surface area contributed by atoms with Crippen LogP contribution in [0, 0.1) is 11.3 Å². The lowest BCUT2D eigenvalue weighted by Gasteiger charge is -2.22. The smallest absolute Gasteiger partial charge is 0.244 e. The average Bonchev–Trinajstić information content (AvgIpc) is 2.60. The molecule has 0 saturated carbocycles. The minimum atomic E-state index is -3.79. The maximum Gasteiger partial charge on any atom is 0.244 e. The first-order chi connectivity index (χ1) is 9.76. The van der Waals surface area contributed by atoms with Gasteiger partial charge in [0, 0.05) is 18.1 Å². The predicted molar refractivity (Wildman–Crippen MR) is 79.4 cm³/mol. The molecule has 1 fully saturated rings. The monoisotopic (exact) mass is 328 g/mol. The Morgan fingerprint density at radius 1 is 1.38 bits per heavy atom. The van der Waals surface area contributed by atoms with Gasteiger partial charge in [-0.1, -0.05) is 11.6 Å². The number of aliphatic hydroxyl groups is 1. The summed E-state index contributed by atoms with van der Waals surface area (Å²) in [6.07, 6.45) is 1.50. The molecule has 0 spiro atoms. The molecule has 1 aromatic carbocycles. The van der Waals surface area contributed by atoms with Crippen LogP contribution in [-0.4, -0.2) is 36.5 Å².